The molecular formula is C12H13ClF3NO3. The van der Waals surface area contributed by atoms with E-state index < -0.39 is 18.6 Å². The van der Waals surface area contributed by atoms with E-state index in [4.69, 9.17) is 21.1 Å². The van der Waals surface area contributed by atoms with E-state index in [1.165, 1.54) is 19.2 Å². The Morgan fingerprint density at radius 2 is 2.05 bits per heavy atom. The second-order valence-electron chi connectivity index (χ2n) is 3.72. The van der Waals surface area contributed by atoms with Gasteiger partial charge in [-0.3, -0.25) is 4.79 Å². The molecule has 8 heteroatoms. The van der Waals surface area contributed by atoms with Gasteiger partial charge in [-0.05, 0) is 19.1 Å². The molecule has 1 aromatic carbocycles. The smallest absolute Gasteiger partial charge is 0.405 e. The molecule has 0 spiro atoms. The van der Waals surface area contributed by atoms with Gasteiger partial charge in [0.2, 0.25) is 0 Å². The summed E-state index contributed by atoms with van der Waals surface area (Å²) in [6.45, 7) is 0.647. The van der Waals surface area contributed by atoms with E-state index in [1.54, 1.807) is 12.2 Å². The second-order valence-corrected chi connectivity index (χ2v) is 4.13. The highest BCUT2D eigenvalue weighted by Gasteiger charge is 2.28. The van der Waals surface area contributed by atoms with Crippen molar-refractivity contribution < 1.29 is 27.4 Å². The Hall–Kier alpha value is -1.63. The van der Waals surface area contributed by atoms with Crippen molar-refractivity contribution in [1.82, 2.24) is 5.32 Å². The average Bonchev–Trinajstić information content (AvgIpc) is 2.37. The van der Waals surface area contributed by atoms with Crippen molar-refractivity contribution in [2.45, 2.75) is 13.1 Å². The summed E-state index contributed by atoms with van der Waals surface area (Å²) in [7, 11) is 1.34. The molecule has 0 radical (unpaired) electrons. The fourth-order valence-electron chi connectivity index (χ4n) is 1.42. The van der Waals surface area contributed by atoms with Gasteiger partial charge in [-0.1, -0.05) is 11.6 Å². The summed E-state index contributed by atoms with van der Waals surface area (Å²) in [6, 6.07) is 2.49. The highest BCUT2D eigenvalue weighted by Crippen LogP contribution is 2.36. The van der Waals surface area contributed by atoms with Gasteiger partial charge in [-0.25, -0.2) is 0 Å². The van der Waals surface area contributed by atoms with Crippen LogP contribution in [0.5, 0.6) is 11.5 Å². The minimum Gasteiger partial charge on any atom is -0.493 e. The Bertz CT molecular complexity index is 492. The number of amides is 1. The predicted octanol–water partition coefficient (Wildman–Crippen LogP) is 3.04. The van der Waals surface area contributed by atoms with Crippen LogP contribution in [0.2, 0.25) is 5.02 Å². The number of methoxy groups -OCH3 is 1. The fraction of sp³-hybridized carbons (Fsp3) is 0.417. The summed E-state index contributed by atoms with van der Waals surface area (Å²) in [6.07, 6.45) is -4.48. The maximum Gasteiger partial charge on any atom is 0.405 e. The molecule has 0 heterocycles. The summed E-state index contributed by atoms with van der Waals surface area (Å²) >= 11 is 5.92. The number of nitrogens with one attached hydrogen (secondary N) is 1. The van der Waals surface area contributed by atoms with E-state index in [0.29, 0.717) is 6.61 Å². The van der Waals surface area contributed by atoms with E-state index in [2.05, 4.69) is 0 Å². The maximum absolute atomic E-state index is 12.0. The molecule has 0 aromatic heterocycles. The third kappa shape index (κ3) is 4.48. The lowest BCUT2D eigenvalue weighted by atomic mass is 10.2. The van der Waals surface area contributed by atoms with Crippen LogP contribution >= 0.6 is 11.6 Å². The lowest BCUT2D eigenvalue weighted by Gasteiger charge is -2.13. The van der Waals surface area contributed by atoms with Crippen LogP contribution in [0.1, 0.15) is 17.3 Å². The van der Waals surface area contributed by atoms with Crippen LogP contribution in [0.15, 0.2) is 12.1 Å². The molecule has 1 N–H and O–H groups in total. The first-order chi connectivity index (χ1) is 9.28. The highest BCUT2D eigenvalue weighted by atomic mass is 35.5. The zero-order valence-electron chi connectivity index (χ0n) is 10.8. The largest absolute Gasteiger partial charge is 0.493 e. The molecule has 0 bridgehead atoms. The molecule has 1 rings (SSSR count). The second kappa shape index (κ2) is 6.69. The Morgan fingerprint density at radius 1 is 1.40 bits per heavy atom. The summed E-state index contributed by atoms with van der Waals surface area (Å²) in [5, 5.41) is 1.84. The lowest BCUT2D eigenvalue weighted by molar-refractivity contribution is -0.123. The van der Waals surface area contributed by atoms with Gasteiger partial charge in [0, 0.05) is 5.56 Å². The molecule has 0 saturated heterocycles. The van der Waals surface area contributed by atoms with Gasteiger partial charge in [-0.2, -0.15) is 13.2 Å². The summed E-state index contributed by atoms with van der Waals surface area (Å²) in [5.41, 5.74) is -0.0421. The van der Waals surface area contributed by atoms with E-state index in [0.717, 1.165) is 0 Å². The van der Waals surface area contributed by atoms with Crippen molar-refractivity contribution in [1.29, 1.82) is 0 Å². The van der Waals surface area contributed by atoms with E-state index in [1.807, 2.05) is 0 Å². The van der Waals surface area contributed by atoms with Crippen LogP contribution in [-0.2, 0) is 0 Å². The monoisotopic (exact) mass is 311 g/mol. The molecular weight excluding hydrogens is 299 g/mol. The molecule has 1 aromatic rings. The van der Waals surface area contributed by atoms with Gasteiger partial charge in [0.25, 0.3) is 5.91 Å². The van der Waals surface area contributed by atoms with Gasteiger partial charge in [-0.15, -0.1) is 0 Å². The van der Waals surface area contributed by atoms with E-state index in [9.17, 15) is 18.0 Å². The zero-order valence-corrected chi connectivity index (χ0v) is 11.6. The standard InChI is InChI=1S/C12H13ClF3NO3/c1-3-20-10-8(13)4-7(5-9(10)19-2)11(18)17-6-12(14,15)16/h4-5H,3,6H2,1-2H3,(H,17,18). The quantitative estimate of drug-likeness (QED) is 0.909. The van der Waals surface area contributed by atoms with Crippen molar-refractivity contribution in [3.63, 3.8) is 0 Å². The lowest BCUT2D eigenvalue weighted by Crippen LogP contribution is -2.33. The van der Waals surface area contributed by atoms with Crippen LogP contribution in [0.4, 0.5) is 13.2 Å². The topological polar surface area (TPSA) is 47.6 Å². The van der Waals surface area contributed by atoms with Crippen molar-refractivity contribution in [2.75, 3.05) is 20.3 Å². The zero-order chi connectivity index (χ0) is 15.3. The number of halogens is 4. The average molecular weight is 312 g/mol. The Morgan fingerprint density at radius 3 is 2.55 bits per heavy atom. The third-order valence-corrected chi connectivity index (χ3v) is 2.51. The first kappa shape index (κ1) is 16.4. The minimum atomic E-state index is -4.48. The Labute approximate surface area is 118 Å². The van der Waals surface area contributed by atoms with E-state index in [-0.39, 0.29) is 22.1 Å². The van der Waals surface area contributed by atoms with Gasteiger partial charge in [0.05, 0.1) is 18.7 Å². The number of alkyl halides is 3. The molecule has 0 unspecified atom stereocenters. The number of carbonyl (C=O) groups excluding carboxylic acids is 1. The molecule has 0 atom stereocenters. The first-order valence-corrected chi connectivity index (χ1v) is 6.01. The van der Waals surface area contributed by atoms with Crippen LogP contribution in [-0.4, -0.2) is 32.3 Å². The van der Waals surface area contributed by atoms with E-state index >= 15 is 0 Å². The third-order valence-electron chi connectivity index (χ3n) is 2.23. The summed E-state index contributed by atoms with van der Waals surface area (Å²) in [4.78, 5) is 11.6. The molecule has 1 amide bonds. The van der Waals surface area contributed by atoms with Gasteiger partial charge in [0.1, 0.15) is 6.54 Å². The minimum absolute atomic E-state index is 0.0421. The molecule has 4 nitrogen and oxygen atoms in total. The number of carbonyl (C=O) groups is 1. The molecule has 20 heavy (non-hydrogen) atoms. The predicted molar refractivity (Wildman–Crippen MR) is 67.6 cm³/mol. The van der Waals surface area contributed by atoms with Crippen molar-refractivity contribution >= 4 is 17.5 Å². The van der Waals surface area contributed by atoms with Gasteiger partial charge >= 0.3 is 6.18 Å². The molecule has 0 aliphatic rings. The van der Waals surface area contributed by atoms with Crippen molar-refractivity contribution in [3.05, 3.63) is 22.7 Å². The van der Waals surface area contributed by atoms with Crippen molar-refractivity contribution in [2.24, 2.45) is 0 Å². The normalized spacial score (nSPS) is 11.1. The molecule has 0 aliphatic heterocycles. The summed E-state index contributed by atoms with van der Waals surface area (Å²) < 4.78 is 46.3. The number of ether oxygens (including phenoxy) is 2. The number of hydrogen-bond donors (Lipinski definition) is 1. The van der Waals surface area contributed by atoms with Crippen LogP contribution in [0, 0.1) is 0 Å². The van der Waals surface area contributed by atoms with Gasteiger partial charge < -0.3 is 14.8 Å². The number of benzene rings is 1. The molecule has 0 saturated carbocycles. The molecule has 112 valence electrons. The number of hydrogen-bond acceptors (Lipinski definition) is 3. The Balaban J connectivity index is 2.96. The Kier molecular flexibility index (Phi) is 5.50. The molecule has 0 aliphatic carbocycles. The molecule has 0 fully saturated rings. The van der Waals surface area contributed by atoms with Crippen LogP contribution in [0.3, 0.4) is 0 Å². The maximum atomic E-state index is 12.0. The fourth-order valence-corrected chi connectivity index (χ4v) is 1.68. The highest BCUT2D eigenvalue weighted by molar-refractivity contribution is 6.32. The van der Waals surface area contributed by atoms with Crippen LogP contribution < -0.4 is 14.8 Å². The van der Waals surface area contributed by atoms with Crippen LogP contribution in [0.25, 0.3) is 0 Å². The summed E-state index contributed by atoms with van der Waals surface area (Å²) in [5.74, 6) is -0.480. The first-order valence-electron chi connectivity index (χ1n) is 5.63. The van der Waals surface area contributed by atoms with Gasteiger partial charge in [0.15, 0.2) is 11.5 Å². The number of rotatable bonds is 5. The SMILES string of the molecule is CCOc1c(Cl)cc(C(=O)NCC(F)(F)F)cc1OC. The van der Waals surface area contributed by atoms with Crippen molar-refractivity contribution in [3.8, 4) is 11.5 Å².